The van der Waals surface area contributed by atoms with Crippen LogP contribution in [0.3, 0.4) is 0 Å². The van der Waals surface area contributed by atoms with E-state index in [-0.39, 0.29) is 0 Å². The number of rotatable bonds is 2. The van der Waals surface area contributed by atoms with E-state index in [1.807, 2.05) is 0 Å². The third kappa shape index (κ3) is 3.97. The van der Waals surface area contributed by atoms with E-state index in [2.05, 4.69) is 4.74 Å². The minimum Gasteiger partial charge on any atom is -0.462 e. The van der Waals surface area contributed by atoms with E-state index >= 15 is 0 Å². The average molecular weight is 138 g/mol. The predicted octanol–water partition coefficient (Wildman–Crippen LogP) is 0.285. The zero-order valence-electron chi connectivity index (χ0n) is 12.0. The van der Waals surface area contributed by atoms with Crippen LogP contribution in [0.2, 0.25) is 0 Å². The Labute approximate surface area is 65.0 Å². The first-order chi connectivity index (χ1) is 6.83. The number of ether oxygens (including phenoxy) is 1. The molecule has 0 saturated carbocycles. The maximum Gasteiger partial charge on any atom is 0.322 e. The average Bonchev–Trinajstić information content (AvgIpc) is 1.99. The van der Waals surface area contributed by atoms with Crippen LogP contribution in [0.5, 0.6) is 0 Å². The summed E-state index contributed by atoms with van der Waals surface area (Å²) in [5.41, 5.74) is 5.10. The molecule has 2 N–H and O–H groups in total. The molecule has 0 fully saturated rings. The fraction of sp³-hybridized carbons (Fsp3) is 0.833. The quantitative estimate of drug-likeness (QED) is 0.558. The van der Waals surface area contributed by atoms with Crippen LogP contribution < -0.4 is 5.73 Å². The molecule has 3 nitrogen and oxygen atoms in total. The van der Waals surface area contributed by atoms with Gasteiger partial charge < -0.3 is 10.5 Å². The lowest BCUT2D eigenvalue weighted by atomic mass is 10.4. The molecule has 54 valence electrons. The highest BCUT2D eigenvalue weighted by molar-refractivity contribution is 5.74. The fourth-order valence-corrected chi connectivity index (χ4v) is 0.194. The van der Waals surface area contributed by atoms with Gasteiger partial charge in [-0.15, -0.1) is 0 Å². The number of hydrogen-bond acceptors (Lipinski definition) is 3. The van der Waals surface area contributed by atoms with Crippen LogP contribution in [0.1, 0.15) is 30.2 Å². The first-order valence-corrected chi connectivity index (χ1v) is 2.31. The van der Waals surface area contributed by atoms with Gasteiger partial charge in [0, 0.05) is 8.22 Å². The van der Waals surface area contributed by atoms with E-state index in [0.717, 1.165) is 0 Å². The van der Waals surface area contributed by atoms with E-state index in [9.17, 15) is 4.79 Å². The molecular formula is C6H13NO2. The molecule has 0 aliphatic rings. The van der Waals surface area contributed by atoms with Gasteiger partial charge in [0.15, 0.2) is 0 Å². The van der Waals surface area contributed by atoms with Crippen molar-refractivity contribution in [3.8, 4) is 0 Å². The van der Waals surface area contributed by atoms with Crippen LogP contribution >= 0.6 is 0 Å². The lowest BCUT2D eigenvalue weighted by molar-refractivity contribution is -0.148. The third-order valence-corrected chi connectivity index (χ3v) is 0.574. The van der Waals surface area contributed by atoms with Gasteiger partial charge in [-0.05, 0) is 20.6 Å². The molecule has 0 heterocycles. The molecule has 0 unspecified atom stereocenters. The maximum atomic E-state index is 11.1. The van der Waals surface area contributed by atoms with Crippen molar-refractivity contribution < 1.29 is 19.1 Å². The molecule has 0 aromatic heterocycles. The van der Waals surface area contributed by atoms with Crippen molar-refractivity contribution in [3.05, 3.63) is 0 Å². The molecule has 0 amide bonds. The Hall–Kier alpha value is -0.570. The third-order valence-electron chi connectivity index (χ3n) is 0.574. The van der Waals surface area contributed by atoms with Gasteiger partial charge in [-0.25, -0.2) is 0 Å². The van der Waals surface area contributed by atoms with Crippen molar-refractivity contribution in [1.82, 2.24) is 0 Å². The van der Waals surface area contributed by atoms with Crippen molar-refractivity contribution in [1.29, 1.82) is 0 Å². The zero-order valence-corrected chi connectivity index (χ0v) is 4.97. The summed E-state index contributed by atoms with van der Waals surface area (Å²) >= 11 is 0. The number of carbonyl (C=O) groups is 1. The van der Waals surface area contributed by atoms with E-state index < -0.39 is 31.8 Å². The van der Waals surface area contributed by atoms with Gasteiger partial charge in [-0.1, -0.05) is 0 Å². The smallest absolute Gasteiger partial charge is 0.322 e. The monoisotopic (exact) mass is 138 g/mol. The molecule has 0 radical (unpaired) electrons. The van der Waals surface area contributed by atoms with Crippen molar-refractivity contribution in [3.63, 3.8) is 0 Å². The summed E-state index contributed by atoms with van der Waals surface area (Å²) in [5, 5.41) is 0. The van der Waals surface area contributed by atoms with Crippen LogP contribution in [0.15, 0.2) is 0 Å². The van der Waals surface area contributed by atoms with Crippen molar-refractivity contribution in [2.45, 2.75) is 32.7 Å². The maximum absolute atomic E-state index is 11.1. The summed E-state index contributed by atoms with van der Waals surface area (Å²) in [6.45, 7) is -5.38. The van der Waals surface area contributed by atoms with Gasteiger partial charge in [0.05, 0.1) is 7.45 Å². The molecule has 1 atom stereocenters. The lowest BCUT2D eigenvalue weighted by Crippen LogP contribution is -2.30. The van der Waals surface area contributed by atoms with Crippen molar-refractivity contribution in [2.75, 3.05) is 0 Å². The zero-order chi connectivity index (χ0) is 13.4. The van der Waals surface area contributed by atoms with E-state index in [1.54, 1.807) is 0 Å². The van der Waals surface area contributed by atoms with Gasteiger partial charge in [0.1, 0.15) is 6.04 Å². The van der Waals surface area contributed by atoms with Crippen LogP contribution in [0.4, 0.5) is 0 Å². The van der Waals surface area contributed by atoms with Crippen LogP contribution in [-0.2, 0) is 9.53 Å². The van der Waals surface area contributed by atoms with Gasteiger partial charge in [-0.3, -0.25) is 4.79 Å². The number of nitrogens with two attached hydrogens (primary N) is 1. The molecule has 9 heavy (non-hydrogen) atoms. The summed E-state index contributed by atoms with van der Waals surface area (Å²) in [6, 6.07) is -1.20. The molecule has 0 aliphatic heterocycles. The Morgan fingerprint density at radius 1 is 1.89 bits per heavy atom. The second kappa shape index (κ2) is 3.45. The van der Waals surface area contributed by atoms with Gasteiger partial charge in [-0.2, -0.15) is 0 Å². The standard InChI is InChI=1S/C6H13NO2/c1-4(2)9-6(8)5(3)7/h4-5H,7H2,1-3H3/t5-/m0/s1/i1D3,2D3,4D. The topological polar surface area (TPSA) is 52.3 Å². The van der Waals surface area contributed by atoms with Gasteiger partial charge in [0.2, 0.25) is 0 Å². The first-order valence-electron chi connectivity index (χ1n) is 5.81. The highest BCUT2D eigenvalue weighted by Gasteiger charge is 2.09. The number of esters is 1. The predicted molar refractivity (Wildman–Crippen MR) is 34.9 cm³/mol. The van der Waals surface area contributed by atoms with Crippen molar-refractivity contribution in [2.24, 2.45) is 5.73 Å². The molecule has 0 rings (SSSR count). The van der Waals surface area contributed by atoms with Gasteiger partial charge >= 0.3 is 5.97 Å². The Balaban J connectivity index is 5.22. The fourth-order valence-electron chi connectivity index (χ4n) is 0.194. The normalized spacial score (nSPS) is 28.9. The molecule has 0 aromatic carbocycles. The second-order valence-corrected chi connectivity index (χ2v) is 1.54. The summed E-state index contributed by atoms with van der Waals surface area (Å²) in [4.78, 5) is 11.1. The van der Waals surface area contributed by atoms with E-state index in [1.165, 1.54) is 6.92 Å². The highest BCUT2D eigenvalue weighted by atomic mass is 16.5. The minimum atomic E-state index is -3.30. The molecule has 0 bridgehead atoms. The molecule has 0 aliphatic carbocycles. The molecule has 0 aromatic rings. The molecule has 0 saturated heterocycles. The Bertz CT molecular complexity index is 255. The van der Waals surface area contributed by atoms with E-state index in [4.69, 9.17) is 15.3 Å². The molecule has 3 heteroatoms. The van der Waals surface area contributed by atoms with Gasteiger partial charge in [0.25, 0.3) is 0 Å². The lowest BCUT2D eigenvalue weighted by Gasteiger charge is -2.08. The highest BCUT2D eigenvalue weighted by Crippen LogP contribution is 1.90. The largest absolute Gasteiger partial charge is 0.462 e. The Kier molecular flexibility index (Phi) is 0.858. The Morgan fingerprint density at radius 2 is 2.44 bits per heavy atom. The Morgan fingerprint density at radius 3 is 2.78 bits per heavy atom. The summed E-state index contributed by atoms with van der Waals surface area (Å²) in [6.07, 6.45) is -3.30. The number of hydrogen-bond donors (Lipinski definition) is 1. The van der Waals surface area contributed by atoms with Crippen LogP contribution in [-0.4, -0.2) is 18.1 Å². The first kappa shape index (κ1) is 2.23. The molecule has 0 spiro atoms. The minimum absolute atomic E-state index is 1.20. The summed E-state index contributed by atoms with van der Waals surface area (Å²) < 4.78 is 53.2. The second-order valence-electron chi connectivity index (χ2n) is 1.54. The van der Waals surface area contributed by atoms with E-state index in [0.29, 0.717) is 0 Å². The SMILES string of the molecule is [2H]C([2H])([2H])C([2H])(OC(=O)[C@H](C)N)C([2H])([2H])[2H]. The van der Waals surface area contributed by atoms with Crippen molar-refractivity contribution >= 4 is 5.97 Å². The van der Waals surface area contributed by atoms with Crippen LogP contribution in [0.25, 0.3) is 0 Å². The number of carbonyl (C=O) groups excluding carboxylic acids is 1. The summed E-state index contributed by atoms with van der Waals surface area (Å²) in [7, 11) is 0. The summed E-state index contributed by atoms with van der Waals surface area (Å²) in [5.74, 6) is -1.25. The molecular weight excluding hydrogens is 118 g/mol. The van der Waals surface area contributed by atoms with Crippen LogP contribution in [0, 0.1) is 0 Å².